The van der Waals surface area contributed by atoms with Gasteiger partial charge in [-0.2, -0.15) is 0 Å². The van der Waals surface area contributed by atoms with Crippen molar-refractivity contribution in [1.82, 2.24) is 4.90 Å². The molecule has 2 fully saturated rings. The van der Waals surface area contributed by atoms with E-state index in [-0.39, 0.29) is 30.6 Å². The number of hydrogen-bond acceptors (Lipinski definition) is 4. The number of halogens is 3. The molecule has 2 saturated heterocycles. The summed E-state index contributed by atoms with van der Waals surface area (Å²) in [6.45, 7) is 5.89. The minimum absolute atomic E-state index is 0. The van der Waals surface area contributed by atoms with Crippen LogP contribution in [0.1, 0.15) is 36.8 Å². The van der Waals surface area contributed by atoms with E-state index in [0.29, 0.717) is 12.6 Å². The summed E-state index contributed by atoms with van der Waals surface area (Å²) < 4.78 is 20.4. The van der Waals surface area contributed by atoms with Crippen LogP contribution in [0.25, 0.3) is 0 Å². The van der Waals surface area contributed by atoms with Crippen molar-refractivity contribution in [3.8, 4) is 5.75 Å². The molecule has 37 heavy (non-hydrogen) atoms. The number of nitrogens with zero attached hydrogens (tertiary/aromatic N) is 3. The van der Waals surface area contributed by atoms with Gasteiger partial charge in [-0.15, -0.1) is 24.8 Å². The van der Waals surface area contributed by atoms with Gasteiger partial charge >= 0.3 is 0 Å². The highest BCUT2D eigenvalue weighted by atomic mass is 35.5. The largest absolute Gasteiger partial charge is 0.487 e. The Morgan fingerprint density at radius 1 is 0.838 bits per heavy atom. The number of hydrogen-bond donors (Lipinski definition) is 0. The summed E-state index contributed by atoms with van der Waals surface area (Å²) in [6, 6.07) is 22.9. The first-order valence-electron chi connectivity index (χ1n) is 13.1. The van der Waals surface area contributed by atoms with Gasteiger partial charge < -0.3 is 14.5 Å². The molecule has 3 heterocycles. The van der Waals surface area contributed by atoms with E-state index in [1.165, 1.54) is 49.7 Å². The molecule has 0 amide bonds. The second-order valence-electron chi connectivity index (χ2n) is 10.1. The summed E-state index contributed by atoms with van der Waals surface area (Å²) in [5.41, 5.74) is 5.87. The Morgan fingerprint density at radius 3 is 2.43 bits per heavy atom. The first kappa shape index (κ1) is 27.6. The van der Waals surface area contributed by atoms with Crippen molar-refractivity contribution in [3.05, 3.63) is 83.7 Å². The Labute approximate surface area is 232 Å². The number of fused-ring (bicyclic) bond motifs is 2. The third-order valence-electron chi connectivity index (χ3n) is 7.87. The lowest BCUT2D eigenvalue weighted by Crippen LogP contribution is -2.39. The van der Waals surface area contributed by atoms with Crippen LogP contribution in [0.3, 0.4) is 0 Å². The molecule has 3 aromatic rings. The second kappa shape index (κ2) is 12.4. The average Bonchev–Trinajstić information content (AvgIpc) is 3.56. The van der Waals surface area contributed by atoms with Crippen LogP contribution in [-0.2, 0) is 13.0 Å². The highest BCUT2D eigenvalue weighted by Gasteiger charge is 2.30. The first-order chi connectivity index (χ1) is 17.2. The van der Waals surface area contributed by atoms with Crippen LogP contribution in [0.4, 0.5) is 21.5 Å². The third kappa shape index (κ3) is 6.00. The van der Waals surface area contributed by atoms with Gasteiger partial charge in [0.05, 0.1) is 5.69 Å². The van der Waals surface area contributed by atoms with Gasteiger partial charge in [-0.25, -0.2) is 4.39 Å². The van der Waals surface area contributed by atoms with E-state index >= 15 is 0 Å². The van der Waals surface area contributed by atoms with Gasteiger partial charge in [0, 0.05) is 55.2 Å². The van der Waals surface area contributed by atoms with Gasteiger partial charge in [0.2, 0.25) is 0 Å². The average molecular weight is 545 g/mol. The summed E-state index contributed by atoms with van der Waals surface area (Å²) in [4.78, 5) is 7.40. The van der Waals surface area contributed by atoms with Crippen LogP contribution in [0.15, 0.2) is 66.7 Å². The molecule has 0 N–H and O–H groups in total. The lowest BCUT2D eigenvalue weighted by atomic mass is 10.1. The molecule has 6 rings (SSSR count). The maximum Gasteiger partial charge on any atom is 0.143 e. The van der Waals surface area contributed by atoms with Crippen molar-refractivity contribution >= 4 is 41.9 Å². The van der Waals surface area contributed by atoms with E-state index in [2.05, 4.69) is 57.2 Å². The van der Waals surface area contributed by atoms with Gasteiger partial charge in [-0.05, 0) is 74.5 Å². The molecule has 0 radical (unpaired) electrons. The molecule has 0 aromatic heterocycles. The quantitative estimate of drug-likeness (QED) is 0.333. The lowest BCUT2D eigenvalue weighted by Gasteiger charge is -2.32. The molecule has 0 aliphatic carbocycles. The minimum Gasteiger partial charge on any atom is -0.487 e. The highest BCUT2D eigenvalue weighted by molar-refractivity contribution is 5.85. The molecule has 1 unspecified atom stereocenters. The standard InChI is InChI=1S/C30H34FN3O.2ClH/c31-25-11-14-30-29(20-25)34(28-8-2-1-6-24(28)22-35-30)21-27-7-5-18-33(27)19-15-23-9-12-26(13-10-23)32-16-3-4-17-32;;/h1-2,6,8-14,20,27H,3-5,7,15-19,21-22H2;2*1H. The van der Waals surface area contributed by atoms with E-state index in [9.17, 15) is 4.39 Å². The van der Waals surface area contributed by atoms with E-state index in [4.69, 9.17) is 4.74 Å². The molecule has 0 bridgehead atoms. The van der Waals surface area contributed by atoms with Crippen LogP contribution in [0.2, 0.25) is 0 Å². The monoisotopic (exact) mass is 543 g/mol. The summed E-state index contributed by atoms with van der Waals surface area (Å²) in [7, 11) is 0. The Morgan fingerprint density at radius 2 is 1.62 bits per heavy atom. The van der Waals surface area contributed by atoms with Crippen molar-refractivity contribution in [2.24, 2.45) is 0 Å². The Bertz CT molecular complexity index is 1170. The minimum atomic E-state index is -0.225. The fourth-order valence-corrected chi connectivity index (χ4v) is 5.93. The van der Waals surface area contributed by atoms with Crippen molar-refractivity contribution in [2.45, 2.75) is 44.8 Å². The molecule has 1 atom stereocenters. The molecule has 3 aliphatic rings. The number of benzene rings is 3. The Balaban J connectivity index is 0.00000160. The van der Waals surface area contributed by atoms with Crippen LogP contribution in [0, 0.1) is 5.82 Å². The molecule has 3 aliphatic heterocycles. The molecule has 198 valence electrons. The van der Waals surface area contributed by atoms with Gasteiger partial charge in [0.15, 0.2) is 0 Å². The van der Waals surface area contributed by atoms with E-state index < -0.39 is 0 Å². The lowest BCUT2D eigenvalue weighted by molar-refractivity contribution is 0.261. The van der Waals surface area contributed by atoms with Crippen LogP contribution in [-0.4, -0.2) is 43.7 Å². The predicted octanol–water partition coefficient (Wildman–Crippen LogP) is 7.01. The van der Waals surface area contributed by atoms with Crippen molar-refractivity contribution in [1.29, 1.82) is 0 Å². The molecule has 3 aromatic carbocycles. The van der Waals surface area contributed by atoms with Crippen molar-refractivity contribution < 1.29 is 9.13 Å². The molecule has 7 heteroatoms. The maximum absolute atomic E-state index is 14.3. The zero-order valence-electron chi connectivity index (χ0n) is 21.2. The first-order valence-corrected chi connectivity index (χ1v) is 13.1. The van der Waals surface area contributed by atoms with Crippen LogP contribution in [0.5, 0.6) is 5.75 Å². The molecular formula is C30H36Cl2FN3O. The number of ether oxygens (including phenoxy) is 1. The van der Waals surface area contributed by atoms with E-state index in [0.717, 1.165) is 55.2 Å². The van der Waals surface area contributed by atoms with Gasteiger partial charge in [-0.3, -0.25) is 4.90 Å². The number of para-hydroxylation sites is 1. The van der Waals surface area contributed by atoms with E-state index in [1.807, 2.05) is 6.07 Å². The van der Waals surface area contributed by atoms with Crippen molar-refractivity contribution in [2.75, 3.05) is 42.5 Å². The SMILES string of the molecule is Cl.Cl.Fc1ccc2c(c1)N(CC1CCCN1CCc1ccc(N3CCCC3)cc1)c1ccccc1CO2. The van der Waals surface area contributed by atoms with Crippen LogP contribution >= 0.6 is 24.8 Å². The number of anilines is 3. The maximum atomic E-state index is 14.3. The molecule has 0 spiro atoms. The van der Waals surface area contributed by atoms with Crippen LogP contribution < -0.4 is 14.5 Å². The zero-order valence-corrected chi connectivity index (χ0v) is 22.8. The predicted molar refractivity (Wildman–Crippen MR) is 155 cm³/mol. The molecular weight excluding hydrogens is 508 g/mol. The number of likely N-dealkylation sites (tertiary alicyclic amines) is 1. The third-order valence-corrected chi connectivity index (χ3v) is 7.87. The normalized spacial score (nSPS) is 18.8. The molecule has 0 saturated carbocycles. The second-order valence-corrected chi connectivity index (χ2v) is 10.1. The highest BCUT2D eigenvalue weighted by Crippen LogP contribution is 2.40. The van der Waals surface area contributed by atoms with E-state index in [1.54, 1.807) is 12.1 Å². The summed E-state index contributed by atoms with van der Waals surface area (Å²) in [5.74, 6) is 0.530. The smallest absolute Gasteiger partial charge is 0.143 e. The fourth-order valence-electron chi connectivity index (χ4n) is 5.93. The fraction of sp³-hybridized carbons (Fsp3) is 0.400. The summed E-state index contributed by atoms with van der Waals surface area (Å²) in [5, 5.41) is 0. The van der Waals surface area contributed by atoms with Gasteiger partial charge in [-0.1, -0.05) is 30.3 Å². The zero-order chi connectivity index (χ0) is 23.6. The molecule has 4 nitrogen and oxygen atoms in total. The van der Waals surface area contributed by atoms with Gasteiger partial charge in [0.25, 0.3) is 0 Å². The number of rotatable bonds is 6. The van der Waals surface area contributed by atoms with Gasteiger partial charge in [0.1, 0.15) is 18.2 Å². The summed E-state index contributed by atoms with van der Waals surface area (Å²) in [6.07, 6.45) is 6.05. The van der Waals surface area contributed by atoms with Crippen molar-refractivity contribution in [3.63, 3.8) is 0 Å². The Kier molecular flexibility index (Phi) is 9.22. The topological polar surface area (TPSA) is 19.0 Å². The Hall–Kier alpha value is -2.47. The summed E-state index contributed by atoms with van der Waals surface area (Å²) >= 11 is 0.